The van der Waals surface area contributed by atoms with Crippen molar-refractivity contribution in [2.24, 2.45) is 4.99 Å². The van der Waals surface area contributed by atoms with Crippen LogP contribution in [0.5, 0.6) is 11.5 Å². The van der Waals surface area contributed by atoms with Crippen molar-refractivity contribution in [3.05, 3.63) is 120 Å². The first-order chi connectivity index (χ1) is 19.6. The van der Waals surface area contributed by atoms with Crippen LogP contribution < -0.4 is 10.1 Å². The number of nitrogens with zero attached hydrogens (tertiary/aromatic N) is 4. The molecule has 3 aromatic carbocycles. The van der Waals surface area contributed by atoms with Gasteiger partial charge >= 0.3 is 5.69 Å². The van der Waals surface area contributed by atoms with E-state index in [1.807, 2.05) is 61.7 Å². The zero-order valence-electron chi connectivity index (χ0n) is 22.2. The number of amides is 1. The van der Waals surface area contributed by atoms with Crippen molar-refractivity contribution < 1.29 is 19.4 Å². The van der Waals surface area contributed by atoms with E-state index in [0.717, 1.165) is 46.0 Å². The third kappa shape index (κ3) is 5.72. The molecule has 4 aromatic rings. The Labute approximate surface area is 238 Å². The number of aromatic nitrogens is 1. The molecule has 1 N–H and O–H groups in total. The van der Waals surface area contributed by atoms with E-state index in [1.165, 1.54) is 17.8 Å². The molecule has 1 aromatic heterocycles. The molecular formula is C29H23N5O6S. The molecule has 0 atom stereocenters. The number of amidine groups is 1. The van der Waals surface area contributed by atoms with Gasteiger partial charge in [0, 0.05) is 23.1 Å². The number of hydrogen-bond acceptors (Lipinski definition) is 8. The summed E-state index contributed by atoms with van der Waals surface area (Å²) >= 11 is 1.28. The van der Waals surface area contributed by atoms with Crippen LogP contribution >= 0.6 is 11.8 Å². The lowest BCUT2D eigenvalue weighted by Crippen LogP contribution is -2.19. The highest BCUT2D eigenvalue weighted by Crippen LogP contribution is 2.35. The molecule has 0 bridgehead atoms. The number of nitro groups is 2. The lowest BCUT2D eigenvalue weighted by Gasteiger charge is -2.11. The minimum atomic E-state index is -0.723. The van der Waals surface area contributed by atoms with E-state index in [4.69, 9.17) is 4.74 Å². The minimum Gasteiger partial charge on any atom is -0.450 e. The highest BCUT2D eigenvalue weighted by atomic mass is 32.2. The van der Waals surface area contributed by atoms with Crippen LogP contribution in [0.4, 0.5) is 17.1 Å². The molecule has 0 radical (unpaired) electrons. The topological polar surface area (TPSA) is 142 Å². The maximum atomic E-state index is 12.7. The second kappa shape index (κ2) is 11.1. The molecule has 1 saturated heterocycles. The molecule has 12 heteroatoms. The average molecular weight is 570 g/mol. The Morgan fingerprint density at radius 2 is 1.68 bits per heavy atom. The molecule has 2 heterocycles. The van der Waals surface area contributed by atoms with Gasteiger partial charge in [0.2, 0.25) is 5.75 Å². The van der Waals surface area contributed by atoms with Gasteiger partial charge in [-0.2, -0.15) is 0 Å². The summed E-state index contributed by atoms with van der Waals surface area (Å²) in [5, 5.41) is 25.8. The van der Waals surface area contributed by atoms with Gasteiger partial charge in [0.05, 0.1) is 26.5 Å². The van der Waals surface area contributed by atoms with Crippen LogP contribution in [0.15, 0.2) is 82.7 Å². The summed E-state index contributed by atoms with van der Waals surface area (Å²) in [7, 11) is 0. The van der Waals surface area contributed by atoms with E-state index in [1.54, 1.807) is 24.3 Å². The van der Waals surface area contributed by atoms with Crippen LogP contribution in [0.2, 0.25) is 0 Å². The Bertz CT molecular complexity index is 1770. The molecule has 41 heavy (non-hydrogen) atoms. The standard InChI is InChI=1S/C29H23N5O6S/c1-17-6-4-5-7-24(17)30-29-31-28(35)27(41-29)15-20-14-18(2)32(19(20)3)21-8-11-23(12-9-21)40-26-13-10-22(33(36)37)16-25(26)34(38)39/h4-16H,1-3H3,(H,30,31,35)/b27-15-. The summed E-state index contributed by atoms with van der Waals surface area (Å²) in [4.78, 5) is 38.8. The fraction of sp³-hybridized carbons (Fsp3) is 0.103. The van der Waals surface area contributed by atoms with Crippen LogP contribution in [0.3, 0.4) is 0 Å². The number of aliphatic imine (C=N–C) groups is 1. The zero-order chi connectivity index (χ0) is 29.3. The van der Waals surface area contributed by atoms with Crippen LogP contribution in [-0.2, 0) is 4.79 Å². The van der Waals surface area contributed by atoms with Gasteiger partial charge in [-0.1, -0.05) is 18.2 Å². The predicted molar refractivity (Wildman–Crippen MR) is 157 cm³/mol. The molecule has 1 fully saturated rings. The van der Waals surface area contributed by atoms with Gasteiger partial charge in [0.15, 0.2) is 5.17 Å². The van der Waals surface area contributed by atoms with Crippen LogP contribution in [0.1, 0.15) is 22.5 Å². The predicted octanol–water partition coefficient (Wildman–Crippen LogP) is 6.90. The number of carbonyl (C=O) groups is 1. The van der Waals surface area contributed by atoms with Crippen molar-refractivity contribution in [3.63, 3.8) is 0 Å². The first-order valence-corrected chi connectivity index (χ1v) is 13.2. The fourth-order valence-corrected chi connectivity index (χ4v) is 5.22. The number of thioether (sulfide) groups is 1. The summed E-state index contributed by atoms with van der Waals surface area (Å²) in [6.45, 7) is 5.86. The highest BCUT2D eigenvalue weighted by molar-refractivity contribution is 8.18. The van der Waals surface area contributed by atoms with Gasteiger partial charge in [0.1, 0.15) is 5.75 Å². The Kier molecular flexibility index (Phi) is 7.40. The largest absolute Gasteiger partial charge is 0.450 e. The zero-order valence-corrected chi connectivity index (χ0v) is 23.0. The number of ether oxygens (including phenoxy) is 1. The molecule has 206 valence electrons. The highest BCUT2D eigenvalue weighted by Gasteiger charge is 2.25. The molecule has 0 aliphatic carbocycles. The first kappa shape index (κ1) is 27.3. The number of rotatable bonds is 7. The van der Waals surface area contributed by atoms with E-state index in [2.05, 4.69) is 10.3 Å². The van der Waals surface area contributed by atoms with Crippen molar-refractivity contribution in [3.8, 4) is 17.2 Å². The maximum Gasteiger partial charge on any atom is 0.318 e. The number of nitrogens with one attached hydrogen (secondary N) is 1. The number of benzene rings is 3. The Hall–Kier alpha value is -5.23. The summed E-state index contributed by atoms with van der Waals surface area (Å²) in [6, 6.07) is 19.8. The summed E-state index contributed by atoms with van der Waals surface area (Å²) in [5.41, 5.74) is 4.45. The van der Waals surface area contributed by atoms with Crippen molar-refractivity contribution in [1.29, 1.82) is 0 Å². The maximum absolute atomic E-state index is 12.7. The molecule has 5 rings (SSSR count). The molecule has 0 saturated carbocycles. The second-order valence-corrected chi connectivity index (χ2v) is 10.2. The van der Waals surface area contributed by atoms with Crippen molar-refractivity contribution in [2.45, 2.75) is 20.8 Å². The number of nitro benzene ring substituents is 2. The average Bonchev–Trinajstić information content (AvgIpc) is 3.42. The molecular weight excluding hydrogens is 546 g/mol. The Morgan fingerprint density at radius 3 is 2.37 bits per heavy atom. The normalized spacial score (nSPS) is 14.9. The van der Waals surface area contributed by atoms with Crippen molar-refractivity contribution in [2.75, 3.05) is 0 Å². The van der Waals surface area contributed by atoms with E-state index in [9.17, 15) is 25.0 Å². The van der Waals surface area contributed by atoms with Gasteiger partial charge in [-0.3, -0.25) is 25.0 Å². The number of carbonyl (C=O) groups excluding carboxylic acids is 1. The lowest BCUT2D eigenvalue weighted by atomic mass is 10.2. The smallest absolute Gasteiger partial charge is 0.318 e. The molecule has 11 nitrogen and oxygen atoms in total. The first-order valence-electron chi connectivity index (χ1n) is 12.4. The number of non-ortho nitro benzene ring substituents is 1. The SMILES string of the molecule is Cc1ccccc1N=C1NC(=O)/C(=C/c2cc(C)n(-c3ccc(Oc4ccc([N+](=O)[O-])cc4[N+](=O)[O-])cc3)c2C)S1. The quantitative estimate of drug-likeness (QED) is 0.145. The van der Waals surface area contributed by atoms with E-state index in [-0.39, 0.29) is 11.7 Å². The molecule has 1 aliphatic heterocycles. The summed E-state index contributed by atoms with van der Waals surface area (Å²) < 4.78 is 7.70. The second-order valence-electron chi connectivity index (χ2n) is 9.19. The van der Waals surface area contributed by atoms with Crippen LogP contribution in [0, 0.1) is 41.0 Å². The van der Waals surface area contributed by atoms with E-state index >= 15 is 0 Å². The van der Waals surface area contributed by atoms with Gasteiger partial charge < -0.3 is 14.6 Å². The van der Waals surface area contributed by atoms with Gasteiger partial charge in [-0.05, 0) is 92.2 Å². The fourth-order valence-electron chi connectivity index (χ4n) is 4.39. The van der Waals surface area contributed by atoms with Gasteiger partial charge in [-0.15, -0.1) is 0 Å². The number of para-hydroxylation sites is 1. The molecule has 0 unspecified atom stereocenters. The van der Waals surface area contributed by atoms with Crippen molar-refractivity contribution >= 4 is 46.0 Å². The minimum absolute atomic E-state index is 0.103. The van der Waals surface area contributed by atoms with Gasteiger partial charge in [-0.25, -0.2) is 4.99 Å². The summed E-state index contributed by atoms with van der Waals surface area (Å²) in [6.07, 6.45) is 1.84. The Balaban J connectivity index is 1.37. The van der Waals surface area contributed by atoms with Crippen LogP contribution in [-0.4, -0.2) is 25.5 Å². The van der Waals surface area contributed by atoms with Crippen LogP contribution in [0.25, 0.3) is 11.8 Å². The lowest BCUT2D eigenvalue weighted by molar-refractivity contribution is -0.394. The van der Waals surface area contributed by atoms with Gasteiger partial charge in [0.25, 0.3) is 11.6 Å². The molecule has 0 spiro atoms. The molecule has 1 amide bonds. The Morgan fingerprint density at radius 1 is 0.951 bits per heavy atom. The van der Waals surface area contributed by atoms with E-state index < -0.39 is 21.2 Å². The van der Waals surface area contributed by atoms with Crippen molar-refractivity contribution in [1.82, 2.24) is 9.88 Å². The number of hydrogen-bond donors (Lipinski definition) is 1. The summed E-state index contributed by atoms with van der Waals surface area (Å²) in [5.74, 6) is 0.0113. The monoisotopic (exact) mass is 569 g/mol. The third-order valence-electron chi connectivity index (χ3n) is 6.42. The van der Waals surface area contributed by atoms with E-state index in [0.29, 0.717) is 15.8 Å². The third-order valence-corrected chi connectivity index (χ3v) is 7.33. The molecule has 1 aliphatic rings. The number of aryl methyl sites for hydroxylation is 2.